The minimum atomic E-state index is -0.273. The number of hydrazone groups is 1. The van der Waals surface area contributed by atoms with Crippen molar-refractivity contribution < 1.29 is 4.79 Å². The predicted molar refractivity (Wildman–Crippen MR) is 147 cm³/mol. The molecule has 0 aliphatic heterocycles. The Kier molecular flexibility index (Phi) is 5.51. The Hall–Kier alpha value is -4.77. The standard InChI is InChI=1S/C31H24N4O/c1-2-35-29-15-9-7-13-24(29)25-18-21(16-17-30(25)35)20-32-34-31(36)26-19-28(22-10-4-3-5-11-22)33-27-14-8-6-12-23(26)27/h3-20H,2H2,1H3,(H,34,36). The molecule has 36 heavy (non-hydrogen) atoms. The predicted octanol–water partition coefficient (Wildman–Crippen LogP) is 6.79. The number of nitrogens with zero attached hydrogens (tertiary/aromatic N) is 3. The van der Waals surface area contributed by atoms with Crippen molar-refractivity contribution in [1.82, 2.24) is 15.0 Å². The first-order valence-corrected chi connectivity index (χ1v) is 12.0. The van der Waals surface area contributed by atoms with Gasteiger partial charge in [-0.25, -0.2) is 10.4 Å². The number of amides is 1. The molecule has 0 bridgehead atoms. The van der Waals surface area contributed by atoms with E-state index in [2.05, 4.69) is 58.4 Å². The van der Waals surface area contributed by atoms with Crippen molar-refractivity contribution in [3.8, 4) is 11.3 Å². The molecule has 2 aromatic heterocycles. The molecule has 1 amide bonds. The number of aromatic nitrogens is 2. The summed E-state index contributed by atoms with van der Waals surface area (Å²) in [5, 5.41) is 7.47. The van der Waals surface area contributed by atoms with E-state index in [9.17, 15) is 4.79 Å². The third-order valence-corrected chi connectivity index (χ3v) is 6.52. The molecule has 6 aromatic rings. The van der Waals surface area contributed by atoms with Crippen LogP contribution in [0.1, 0.15) is 22.8 Å². The Morgan fingerprint density at radius 2 is 1.56 bits per heavy atom. The van der Waals surface area contributed by atoms with Crippen molar-refractivity contribution >= 4 is 44.8 Å². The summed E-state index contributed by atoms with van der Waals surface area (Å²) in [6.07, 6.45) is 1.69. The van der Waals surface area contributed by atoms with Gasteiger partial charge in [-0.05, 0) is 42.8 Å². The Balaban J connectivity index is 1.32. The number of para-hydroxylation sites is 2. The molecule has 2 heterocycles. The normalized spacial score (nSPS) is 11.6. The molecule has 0 spiro atoms. The number of aryl methyl sites for hydroxylation is 1. The van der Waals surface area contributed by atoms with Gasteiger partial charge in [-0.15, -0.1) is 0 Å². The van der Waals surface area contributed by atoms with Gasteiger partial charge in [0, 0.05) is 39.3 Å². The van der Waals surface area contributed by atoms with Crippen LogP contribution in [0.2, 0.25) is 0 Å². The second kappa shape index (κ2) is 9.12. The first-order chi connectivity index (χ1) is 17.7. The number of hydrogen-bond donors (Lipinski definition) is 1. The smallest absolute Gasteiger partial charge is 0.272 e. The highest BCUT2D eigenvalue weighted by Gasteiger charge is 2.14. The zero-order chi connectivity index (χ0) is 24.5. The first-order valence-electron chi connectivity index (χ1n) is 12.0. The second-order valence-corrected chi connectivity index (χ2v) is 8.68. The third kappa shape index (κ3) is 3.81. The van der Waals surface area contributed by atoms with E-state index in [1.807, 2.05) is 66.7 Å². The lowest BCUT2D eigenvalue weighted by Crippen LogP contribution is -2.18. The van der Waals surface area contributed by atoms with Gasteiger partial charge in [-0.1, -0.05) is 72.8 Å². The van der Waals surface area contributed by atoms with Crippen LogP contribution in [-0.2, 0) is 6.54 Å². The maximum atomic E-state index is 13.2. The van der Waals surface area contributed by atoms with Crippen molar-refractivity contribution in [2.24, 2.45) is 5.10 Å². The van der Waals surface area contributed by atoms with E-state index in [-0.39, 0.29) is 5.91 Å². The summed E-state index contributed by atoms with van der Waals surface area (Å²) < 4.78 is 2.31. The van der Waals surface area contributed by atoms with Crippen molar-refractivity contribution in [2.75, 3.05) is 0 Å². The van der Waals surface area contributed by atoms with E-state index in [1.165, 1.54) is 21.8 Å². The van der Waals surface area contributed by atoms with E-state index in [0.717, 1.165) is 34.3 Å². The fraction of sp³-hybridized carbons (Fsp3) is 0.0645. The highest BCUT2D eigenvalue weighted by Crippen LogP contribution is 2.29. The maximum Gasteiger partial charge on any atom is 0.272 e. The van der Waals surface area contributed by atoms with Gasteiger partial charge < -0.3 is 4.57 Å². The Bertz CT molecular complexity index is 1770. The Morgan fingerprint density at radius 1 is 0.833 bits per heavy atom. The van der Waals surface area contributed by atoms with Crippen LogP contribution in [0.25, 0.3) is 44.0 Å². The largest absolute Gasteiger partial charge is 0.341 e. The second-order valence-electron chi connectivity index (χ2n) is 8.68. The number of hydrogen-bond acceptors (Lipinski definition) is 3. The molecule has 0 saturated carbocycles. The van der Waals surface area contributed by atoms with E-state index >= 15 is 0 Å². The van der Waals surface area contributed by atoms with Gasteiger partial charge in [0.25, 0.3) is 5.91 Å². The quantitative estimate of drug-likeness (QED) is 0.224. The molecule has 6 rings (SSSR count). The molecule has 5 heteroatoms. The SMILES string of the molecule is CCn1c2ccccc2c2cc(C=NNC(=O)c3cc(-c4ccccc4)nc4ccccc34)ccc21. The van der Waals surface area contributed by atoms with E-state index in [4.69, 9.17) is 4.98 Å². The van der Waals surface area contributed by atoms with Gasteiger partial charge in [0.1, 0.15) is 0 Å². The van der Waals surface area contributed by atoms with E-state index in [0.29, 0.717) is 5.56 Å². The molecule has 5 nitrogen and oxygen atoms in total. The van der Waals surface area contributed by atoms with Gasteiger partial charge in [0.15, 0.2) is 0 Å². The number of carbonyl (C=O) groups excluding carboxylic acids is 1. The van der Waals surface area contributed by atoms with Crippen molar-refractivity contribution in [2.45, 2.75) is 13.5 Å². The molecular weight excluding hydrogens is 444 g/mol. The number of fused-ring (bicyclic) bond motifs is 4. The average molecular weight is 469 g/mol. The topological polar surface area (TPSA) is 59.3 Å². The van der Waals surface area contributed by atoms with Gasteiger partial charge in [0.2, 0.25) is 0 Å². The maximum absolute atomic E-state index is 13.2. The zero-order valence-electron chi connectivity index (χ0n) is 19.8. The summed E-state index contributed by atoms with van der Waals surface area (Å²) in [5.41, 5.74) is 9.07. The lowest BCUT2D eigenvalue weighted by molar-refractivity contribution is 0.0956. The van der Waals surface area contributed by atoms with Gasteiger partial charge in [0.05, 0.1) is 23.0 Å². The van der Waals surface area contributed by atoms with Gasteiger partial charge in [-0.2, -0.15) is 5.10 Å². The number of pyridine rings is 1. The van der Waals surface area contributed by atoms with Crippen LogP contribution in [0.4, 0.5) is 0 Å². The Morgan fingerprint density at radius 3 is 2.39 bits per heavy atom. The summed E-state index contributed by atoms with van der Waals surface area (Å²) in [6, 6.07) is 34.0. The van der Waals surface area contributed by atoms with Crippen LogP contribution in [0, 0.1) is 0 Å². The van der Waals surface area contributed by atoms with Crippen molar-refractivity contribution in [1.29, 1.82) is 0 Å². The van der Waals surface area contributed by atoms with Gasteiger partial charge >= 0.3 is 0 Å². The molecule has 0 unspecified atom stereocenters. The van der Waals surface area contributed by atoms with Gasteiger partial charge in [-0.3, -0.25) is 4.79 Å². The van der Waals surface area contributed by atoms with E-state index in [1.54, 1.807) is 6.21 Å². The van der Waals surface area contributed by atoms with E-state index < -0.39 is 0 Å². The molecule has 174 valence electrons. The average Bonchev–Trinajstić information content (AvgIpc) is 3.26. The molecular formula is C31H24N4O. The number of rotatable bonds is 5. The summed E-state index contributed by atoms with van der Waals surface area (Å²) in [5.74, 6) is -0.273. The number of nitrogens with one attached hydrogen (secondary N) is 1. The fourth-order valence-corrected chi connectivity index (χ4v) is 4.84. The lowest BCUT2D eigenvalue weighted by atomic mass is 10.0. The van der Waals surface area contributed by atoms with Crippen LogP contribution in [0.3, 0.4) is 0 Å². The molecule has 4 aromatic carbocycles. The highest BCUT2D eigenvalue weighted by molar-refractivity contribution is 6.10. The molecule has 0 atom stereocenters. The summed E-state index contributed by atoms with van der Waals surface area (Å²) in [4.78, 5) is 18.0. The Labute approximate surface area is 208 Å². The molecule has 0 aliphatic carbocycles. The highest BCUT2D eigenvalue weighted by atomic mass is 16.2. The minimum absolute atomic E-state index is 0.273. The first kappa shape index (κ1) is 21.7. The summed E-state index contributed by atoms with van der Waals surface area (Å²) in [6.45, 7) is 3.06. The summed E-state index contributed by atoms with van der Waals surface area (Å²) in [7, 11) is 0. The van der Waals surface area contributed by atoms with Crippen molar-refractivity contribution in [3.63, 3.8) is 0 Å². The minimum Gasteiger partial charge on any atom is -0.341 e. The van der Waals surface area contributed by atoms with Crippen LogP contribution in [0.5, 0.6) is 0 Å². The molecule has 0 saturated heterocycles. The third-order valence-electron chi connectivity index (χ3n) is 6.52. The van der Waals surface area contributed by atoms with Crippen LogP contribution < -0.4 is 5.43 Å². The van der Waals surface area contributed by atoms with Crippen LogP contribution in [-0.4, -0.2) is 21.7 Å². The number of carbonyl (C=O) groups is 1. The fourth-order valence-electron chi connectivity index (χ4n) is 4.84. The molecule has 0 fully saturated rings. The zero-order valence-corrected chi connectivity index (χ0v) is 19.8. The van der Waals surface area contributed by atoms with Crippen molar-refractivity contribution in [3.05, 3.63) is 114 Å². The number of benzene rings is 4. The summed E-state index contributed by atoms with van der Waals surface area (Å²) >= 11 is 0. The lowest BCUT2D eigenvalue weighted by Gasteiger charge is -2.09. The molecule has 1 N–H and O–H groups in total. The monoisotopic (exact) mass is 468 g/mol. The molecule has 0 aliphatic rings. The molecule has 0 radical (unpaired) electrons. The van der Waals surface area contributed by atoms with Crippen LogP contribution >= 0.6 is 0 Å². The van der Waals surface area contributed by atoms with Crippen LogP contribution in [0.15, 0.2) is 108 Å².